The number of furan rings is 1. The van der Waals surface area contributed by atoms with Gasteiger partial charge in [-0.2, -0.15) is 0 Å². The third-order valence-corrected chi connectivity index (χ3v) is 5.22. The van der Waals surface area contributed by atoms with Crippen LogP contribution in [0.2, 0.25) is 0 Å². The summed E-state index contributed by atoms with van der Waals surface area (Å²) in [6, 6.07) is 12.6. The van der Waals surface area contributed by atoms with E-state index in [2.05, 4.69) is 5.32 Å². The van der Waals surface area contributed by atoms with Gasteiger partial charge in [-0.3, -0.25) is 9.59 Å². The monoisotopic (exact) mass is 410 g/mol. The predicted octanol–water partition coefficient (Wildman–Crippen LogP) is 4.34. The third-order valence-electron chi connectivity index (χ3n) is 4.23. The normalized spacial score (nSPS) is 10.8. The van der Waals surface area contributed by atoms with E-state index in [-0.39, 0.29) is 24.9 Å². The van der Waals surface area contributed by atoms with Gasteiger partial charge in [0.1, 0.15) is 18.1 Å². The molecule has 1 aromatic carbocycles. The molecule has 0 unspecified atom stereocenters. The molecule has 3 rings (SSSR count). The Bertz CT molecular complexity index is 992. The van der Waals surface area contributed by atoms with E-state index in [1.807, 2.05) is 24.4 Å². The summed E-state index contributed by atoms with van der Waals surface area (Å²) in [7, 11) is 1.54. The molecule has 7 heteroatoms. The van der Waals surface area contributed by atoms with Gasteiger partial charge in [-0.15, -0.1) is 11.3 Å². The number of aryl methyl sites for hydroxylation is 1. The lowest BCUT2D eigenvalue weighted by molar-refractivity contribution is -0.131. The Kier molecular flexibility index (Phi) is 6.86. The number of hydrogen-bond donors (Lipinski definition) is 1. The van der Waals surface area contributed by atoms with Gasteiger partial charge >= 0.3 is 0 Å². The van der Waals surface area contributed by atoms with Crippen LogP contribution in [0.15, 0.2) is 64.6 Å². The second-order valence-corrected chi connectivity index (χ2v) is 7.27. The van der Waals surface area contributed by atoms with Gasteiger partial charge in [0.15, 0.2) is 0 Å². The summed E-state index contributed by atoms with van der Waals surface area (Å²) in [4.78, 5) is 27.8. The topological polar surface area (TPSA) is 71.8 Å². The van der Waals surface area contributed by atoms with Crippen molar-refractivity contribution < 1.29 is 18.7 Å². The second-order valence-electron chi connectivity index (χ2n) is 6.32. The molecular formula is C22H22N2O4S. The molecule has 6 nitrogen and oxygen atoms in total. The van der Waals surface area contributed by atoms with Crippen LogP contribution >= 0.6 is 11.3 Å². The Balaban J connectivity index is 1.72. The second kappa shape index (κ2) is 9.75. The minimum atomic E-state index is -0.324. The lowest BCUT2D eigenvalue weighted by atomic mass is 10.2. The fourth-order valence-corrected chi connectivity index (χ4v) is 3.54. The first-order valence-electron chi connectivity index (χ1n) is 9.03. The molecule has 1 N–H and O–H groups in total. The molecule has 0 saturated carbocycles. The number of methoxy groups -OCH3 is 1. The van der Waals surface area contributed by atoms with Crippen molar-refractivity contribution in [3.8, 4) is 5.75 Å². The van der Waals surface area contributed by atoms with E-state index >= 15 is 0 Å². The molecule has 2 heterocycles. The first kappa shape index (κ1) is 20.4. The van der Waals surface area contributed by atoms with Gasteiger partial charge in [-0.05, 0) is 54.3 Å². The molecule has 0 aliphatic carbocycles. The van der Waals surface area contributed by atoms with Crippen LogP contribution in [0, 0.1) is 6.92 Å². The molecule has 3 aromatic rings. The standard InChI is InChI=1S/C22H22N2O4S/c1-16-11-13-29-20(16)9-10-22(26)24(14-17-6-5-12-28-17)15-21(25)23-18-7-3-4-8-19(18)27-2/h3-13H,14-15H2,1-2H3,(H,23,25)/b10-9+. The molecule has 0 fully saturated rings. The number of rotatable bonds is 8. The van der Waals surface area contributed by atoms with Crippen LogP contribution in [0.25, 0.3) is 6.08 Å². The van der Waals surface area contributed by atoms with Crippen LogP contribution < -0.4 is 10.1 Å². The number of carbonyl (C=O) groups is 2. The Morgan fingerprint density at radius 3 is 2.72 bits per heavy atom. The number of nitrogens with zero attached hydrogens (tertiary/aromatic N) is 1. The molecule has 0 radical (unpaired) electrons. The van der Waals surface area contributed by atoms with Crippen molar-refractivity contribution in [2.24, 2.45) is 0 Å². The summed E-state index contributed by atoms with van der Waals surface area (Å²) >= 11 is 1.56. The molecule has 29 heavy (non-hydrogen) atoms. The van der Waals surface area contributed by atoms with E-state index < -0.39 is 0 Å². The van der Waals surface area contributed by atoms with Gasteiger partial charge in [0.05, 0.1) is 25.6 Å². The van der Waals surface area contributed by atoms with Crippen molar-refractivity contribution in [1.29, 1.82) is 0 Å². The van der Waals surface area contributed by atoms with Crippen molar-refractivity contribution >= 4 is 34.9 Å². The molecular weight excluding hydrogens is 388 g/mol. The highest BCUT2D eigenvalue weighted by molar-refractivity contribution is 7.11. The van der Waals surface area contributed by atoms with Crippen LogP contribution in [0.4, 0.5) is 5.69 Å². The van der Waals surface area contributed by atoms with Gasteiger partial charge in [-0.25, -0.2) is 0 Å². The maximum atomic E-state index is 12.8. The highest BCUT2D eigenvalue weighted by atomic mass is 32.1. The van der Waals surface area contributed by atoms with E-state index in [1.54, 1.807) is 47.7 Å². The Morgan fingerprint density at radius 1 is 1.21 bits per heavy atom. The van der Waals surface area contributed by atoms with Crippen molar-refractivity contribution in [1.82, 2.24) is 4.90 Å². The number of para-hydroxylation sites is 2. The third kappa shape index (κ3) is 5.58. The van der Waals surface area contributed by atoms with Crippen LogP contribution in [0.1, 0.15) is 16.2 Å². The first-order valence-corrected chi connectivity index (χ1v) is 9.91. The van der Waals surface area contributed by atoms with Crippen LogP contribution in [0.5, 0.6) is 5.75 Å². The predicted molar refractivity (Wildman–Crippen MR) is 114 cm³/mol. The smallest absolute Gasteiger partial charge is 0.247 e. The maximum Gasteiger partial charge on any atom is 0.247 e. The van der Waals surface area contributed by atoms with Crippen molar-refractivity contribution in [2.75, 3.05) is 19.0 Å². The van der Waals surface area contributed by atoms with E-state index in [4.69, 9.17) is 9.15 Å². The van der Waals surface area contributed by atoms with Crippen molar-refractivity contribution in [3.63, 3.8) is 0 Å². The van der Waals surface area contributed by atoms with E-state index in [9.17, 15) is 9.59 Å². The molecule has 0 bridgehead atoms. The molecule has 0 aliphatic heterocycles. The van der Waals surface area contributed by atoms with Gasteiger partial charge in [0.25, 0.3) is 0 Å². The number of hydrogen-bond acceptors (Lipinski definition) is 5. The first-order chi connectivity index (χ1) is 14.1. The lowest BCUT2D eigenvalue weighted by Crippen LogP contribution is -2.36. The molecule has 0 aliphatic rings. The Labute approximate surface area is 173 Å². The average Bonchev–Trinajstić information content (AvgIpc) is 3.37. The zero-order valence-corrected chi connectivity index (χ0v) is 17.1. The van der Waals surface area contributed by atoms with Gasteiger partial charge < -0.3 is 19.4 Å². The van der Waals surface area contributed by atoms with E-state index in [0.29, 0.717) is 17.2 Å². The molecule has 2 aromatic heterocycles. The largest absolute Gasteiger partial charge is 0.495 e. The number of ether oxygens (including phenoxy) is 1. The minimum Gasteiger partial charge on any atom is -0.495 e. The Morgan fingerprint density at radius 2 is 2.03 bits per heavy atom. The van der Waals surface area contributed by atoms with Gasteiger partial charge in [0.2, 0.25) is 11.8 Å². The summed E-state index contributed by atoms with van der Waals surface area (Å²) in [5.74, 6) is 0.557. The molecule has 0 spiro atoms. The minimum absolute atomic E-state index is 0.120. The van der Waals surface area contributed by atoms with Gasteiger partial charge in [0, 0.05) is 11.0 Å². The van der Waals surface area contributed by atoms with Crippen LogP contribution in [-0.4, -0.2) is 30.4 Å². The lowest BCUT2D eigenvalue weighted by Gasteiger charge is -2.20. The van der Waals surface area contributed by atoms with Crippen LogP contribution in [0.3, 0.4) is 0 Å². The summed E-state index contributed by atoms with van der Waals surface area (Å²) in [5.41, 5.74) is 1.65. The average molecular weight is 410 g/mol. The molecule has 2 amide bonds. The van der Waals surface area contributed by atoms with Crippen molar-refractivity contribution in [2.45, 2.75) is 13.5 Å². The number of carbonyl (C=O) groups excluding carboxylic acids is 2. The SMILES string of the molecule is COc1ccccc1NC(=O)CN(Cc1ccco1)C(=O)/C=C/c1sccc1C. The summed E-state index contributed by atoms with van der Waals surface area (Å²) in [5, 5.41) is 4.77. The number of nitrogens with one attached hydrogen (secondary N) is 1. The molecule has 150 valence electrons. The highest BCUT2D eigenvalue weighted by Gasteiger charge is 2.18. The number of anilines is 1. The van der Waals surface area contributed by atoms with Gasteiger partial charge in [-0.1, -0.05) is 12.1 Å². The van der Waals surface area contributed by atoms with Crippen LogP contribution in [-0.2, 0) is 16.1 Å². The summed E-state index contributed by atoms with van der Waals surface area (Å²) < 4.78 is 10.6. The number of thiophene rings is 1. The molecule has 0 saturated heterocycles. The quantitative estimate of drug-likeness (QED) is 0.561. The number of benzene rings is 1. The fourth-order valence-electron chi connectivity index (χ4n) is 2.72. The van der Waals surface area contributed by atoms with Crippen molar-refractivity contribution in [3.05, 3.63) is 76.4 Å². The zero-order chi connectivity index (χ0) is 20.6. The van der Waals surface area contributed by atoms with E-state index in [1.165, 1.54) is 24.3 Å². The highest BCUT2D eigenvalue weighted by Crippen LogP contribution is 2.23. The summed E-state index contributed by atoms with van der Waals surface area (Å²) in [6.45, 7) is 2.06. The Hall–Kier alpha value is -3.32. The number of amides is 2. The van der Waals surface area contributed by atoms with E-state index in [0.717, 1.165) is 10.4 Å². The maximum absolute atomic E-state index is 12.8. The molecule has 0 atom stereocenters. The zero-order valence-electron chi connectivity index (χ0n) is 16.3. The summed E-state index contributed by atoms with van der Waals surface area (Å²) in [6.07, 6.45) is 4.80. The fraction of sp³-hybridized carbons (Fsp3) is 0.182.